The van der Waals surface area contributed by atoms with Gasteiger partial charge in [-0.1, -0.05) is 49.4 Å². The first-order valence-corrected chi connectivity index (χ1v) is 15.2. The minimum Gasteiger partial charge on any atom is -0.493 e. The summed E-state index contributed by atoms with van der Waals surface area (Å²) in [6.45, 7) is 4.19. The van der Waals surface area contributed by atoms with Crippen LogP contribution in [0.15, 0.2) is 114 Å². The minimum atomic E-state index is -1.04. The average Bonchev–Trinajstić information content (AvgIpc) is 3.05. The number of carbonyl (C=O) groups excluding carboxylic acids is 3. The maximum absolute atomic E-state index is 13.6. The fourth-order valence-electron chi connectivity index (χ4n) is 4.24. The summed E-state index contributed by atoms with van der Waals surface area (Å²) in [6, 6.07) is 28.8. The van der Waals surface area contributed by atoms with E-state index in [-0.39, 0.29) is 17.2 Å². The van der Waals surface area contributed by atoms with E-state index in [0.717, 1.165) is 4.90 Å². The van der Waals surface area contributed by atoms with Crippen LogP contribution < -0.4 is 20.7 Å². The predicted octanol–water partition coefficient (Wildman–Crippen LogP) is 6.70. The van der Waals surface area contributed by atoms with Crippen LogP contribution in [-0.2, 0) is 9.59 Å². The van der Waals surface area contributed by atoms with E-state index in [2.05, 4.69) is 16.0 Å². The third-order valence-corrected chi connectivity index (χ3v) is 7.84. The lowest BCUT2D eigenvalue weighted by atomic mass is 10.1. The number of hydrogen-bond acceptors (Lipinski definition) is 6. The van der Waals surface area contributed by atoms with Crippen molar-refractivity contribution < 1.29 is 29.0 Å². The molecule has 4 N–H and O–H groups in total. The number of hydrogen-bond donors (Lipinski definition) is 4. The van der Waals surface area contributed by atoms with E-state index in [1.807, 2.05) is 32.0 Å². The summed E-state index contributed by atoms with van der Waals surface area (Å²) in [5.74, 6) is -1.69. The standard InChI is InChI=1S/C35H33N3O6S/c1-3-31(34(41)36-26-19-17-24(18-20-26)35(42)43)45-28-15-10-14-27(22-28)37-33(40)29(38-32(39)23-11-6-5-7-12-23)21-25-13-8-9-16-30(25)44-4-2/h5-22,31H,3-4H2,1-2H3,(H,36,41)(H,37,40)(H,38,39)(H,42,43)/b29-21+. The van der Waals surface area contributed by atoms with Crippen LogP contribution in [0.25, 0.3) is 6.08 Å². The molecular weight excluding hydrogens is 590 g/mol. The van der Waals surface area contributed by atoms with Gasteiger partial charge in [0.15, 0.2) is 0 Å². The topological polar surface area (TPSA) is 134 Å². The third kappa shape index (κ3) is 9.32. The van der Waals surface area contributed by atoms with Crippen molar-refractivity contribution in [2.24, 2.45) is 0 Å². The number of aromatic carboxylic acids is 1. The van der Waals surface area contributed by atoms with Crippen LogP contribution in [-0.4, -0.2) is 40.7 Å². The first-order valence-electron chi connectivity index (χ1n) is 14.3. The van der Waals surface area contributed by atoms with Crippen molar-refractivity contribution in [3.05, 3.63) is 126 Å². The molecule has 0 fully saturated rings. The van der Waals surface area contributed by atoms with Gasteiger partial charge < -0.3 is 25.8 Å². The zero-order valence-corrected chi connectivity index (χ0v) is 25.6. The molecule has 1 unspecified atom stereocenters. The number of nitrogens with one attached hydrogen (secondary N) is 3. The fraction of sp³-hybridized carbons (Fsp3) is 0.143. The second-order valence-electron chi connectivity index (χ2n) is 9.72. The number of amides is 3. The highest BCUT2D eigenvalue weighted by atomic mass is 32.2. The van der Waals surface area contributed by atoms with Crippen LogP contribution >= 0.6 is 11.8 Å². The molecule has 1 atom stereocenters. The zero-order chi connectivity index (χ0) is 32.2. The highest BCUT2D eigenvalue weighted by Gasteiger charge is 2.20. The summed E-state index contributed by atoms with van der Waals surface area (Å²) in [6.07, 6.45) is 2.10. The van der Waals surface area contributed by atoms with Crippen LogP contribution in [0.2, 0.25) is 0 Å². The highest BCUT2D eigenvalue weighted by Crippen LogP contribution is 2.29. The van der Waals surface area contributed by atoms with Crippen LogP contribution in [0.3, 0.4) is 0 Å². The molecule has 0 heterocycles. The molecule has 45 heavy (non-hydrogen) atoms. The summed E-state index contributed by atoms with van der Waals surface area (Å²) in [5, 5.41) is 17.1. The molecule has 4 aromatic carbocycles. The molecule has 0 bridgehead atoms. The minimum absolute atomic E-state index is 0.0220. The maximum atomic E-state index is 13.6. The van der Waals surface area contributed by atoms with Gasteiger partial charge in [0.1, 0.15) is 11.4 Å². The van der Waals surface area contributed by atoms with E-state index in [4.69, 9.17) is 9.84 Å². The van der Waals surface area contributed by atoms with Crippen molar-refractivity contribution in [3.63, 3.8) is 0 Å². The van der Waals surface area contributed by atoms with Gasteiger partial charge in [-0.05, 0) is 80.1 Å². The second-order valence-corrected chi connectivity index (χ2v) is 11.0. The molecular formula is C35H33N3O6S. The Morgan fingerprint density at radius 3 is 2.20 bits per heavy atom. The van der Waals surface area contributed by atoms with Gasteiger partial charge >= 0.3 is 5.97 Å². The summed E-state index contributed by atoms with van der Waals surface area (Å²) < 4.78 is 5.71. The Morgan fingerprint density at radius 2 is 1.51 bits per heavy atom. The predicted molar refractivity (Wildman–Crippen MR) is 177 cm³/mol. The Bertz CT molecular complexity index is 1690. The average molecular weight is 624 g/mol. The van der Waals surface area contributed by atoms with Crippen LogP contribution in [0, 0.1) is 0 Å². The van der Waals surface area contributed by atoms with Crippen molar-refractivity contribution in [3.8, 4) is 5.75 Å². The highest BCUT2D eigenvalue weighted by molar-refractivity contribution is 8.00. The Balaban J connectivity index is 1.51. The Hall–Kier alpha value is -5.35. The van der Waals surface area contributed by atoms with E-state index < -0.39 is 23.0 Å². The number of rotatable bonds is 13. The summed E-state index contributed by atoms with van der Waals surface area (Å²) in [5.41, 5.74) is 2.14. The number of anilines is 2. The molecule has 0 aliphatic carbocycles. The van der Waals surface area contributed by atoms with Gasteiger partial charge in [0.05, 0.1) is 17.4 Å². The number of carboxylic acids is 1. The van der Waals surface area contributed by atoms with Gasteiger partial charge in [0.2, 0.25) is 5.91 Å². The molecule has 0 radical (unpaired) electrons. The van der Waals surface area contributed by atoms with E-state index in [9.17, 15) is 19.2 Å². The number of para-hydroxylation sites is 1. The number of thioether (sulfide) groups is 1. The normalized spacial score (nSPS) is 11.6. The summed E-state index contributed by atoms with van der Waals surface area (Å²) >= 11 is 1.33. The number of benzene rings is 4. The molecule has 230 valence electrons. The van der Waals surface area contributed by atoms with Crippen molar-refractivity contribution in [2.45, 2.75) is 30.4 Å². The quantitative estimate of drug-likeness (QED) is 0.0962. The Kier molecular flexibility index (Phi) is 11.5. The van der Waals surface area contributed by atoms with Gasteiger partial charge in [-0.2, -0.15) is 0 Å². The van der Waals surface area contributed by atoms with Gasteiger partial charge in [0, 0.05) is 27.4 Å². The van der Waals surface area contributed by atoms with Gasteiger partial charge in [0.25, 0.3) is 11.8 Å². The SMILES string of the molecule is CCOc1ccccc1/C=C(/NC(=O)c1ccccc1)C(=O)Nc1cccc(SC(CC)C(=O)Nc2ccc(C(=O)O)cc2)c1. The first kappa shape index (κ1) is 32.6. The third-order valence-electron chi connectivity index (χ3n) is 6.48. The van der Waals surface area contributed by atoms with Crippen molar-refractivity contribution in [1.29, 1.82) is 0 Å². The number of ether oxygens (including phenoxy) is 1. The maximum Gasteiger partial charge on any atom is 0.335 e. The van der Waals surface area contributed by atoms with Crippen LogP contribution in [0.5, 0.6) is 5.75 Å². The molecule has 4 aromatic rings. The second kappa shape index (κ2) is 15.9. The van der Waals surface area contributed by atoms with Crippen molar-refractivity contribution >= 4 is 52.9 Å². The van der Waals surface area contributed by atoms with Crippen LogP contribution in [0.1, 0.15) is 46.5 Å². The monoisotopic (exact) mass is 623 g/mol. The van der Waals surface area contributed by atoms with E-state index >= 15 is 0 Å². The number of carbonyl (C=O) groups is 4. The molecule has 3 amide bonds. The van der Waals surface area contributed by atoms with E-state index in [1.54, 1.807) is 78.9 Å². The Labute approximate surface area is 265 Å². The molecule has 0 aliphatic heterocycles. The lowest BCUT2D eigenvalue weighted by Gasteiger charge is -2.16. The zero-order valence-electron chi connectivity index (χ0n) is 24.8. The number of carboxylic acid groups (broad SMARTS) is 1. The molecule has 0 saturated carbocycles. The van der Waals surface area contributed by atoms with Crippen molar-refractivity contribution in [1.82, 2.24) is 5.32 Å². The summed E-state index contributed by atoms with van der Waals surface area (Å²) in [7, 11) is 0. The fourth-order valence-corrected chi connectivity index (χ4v) is 5.25. The van der Waals surface area contributed by atoms with Gasteiger partial charge in [-0.15, -0.1) is 11.8 Å². The first-order chi connectivity index (χ1) is 21.8. The van der Waals surface area contributed by atoms with Crippen LogP contribution in [0.4, 0.5) is 11.4 Å². The summed E-state index contributed by atoms with van der Waals surface area (Å²) in [4.78, 5) is 51.5. The van der Waals surface area contributed by atoms with Crippen molar-refractivity contribution in [2.75, 3.05) is 17.2 Å². The molecule has 0 saturated heterocycles. The molecule has 9 nitrogen and oxygen atoms in total. The van der Waals surface area contributed by atoms with Gasteiger partial charge in [-0.3, -0.25) is 14.4 Å². The van der Waals surface area contributed by atoms with Gasteiger partial charge in [-0.25, -0.2) is 4.79 Å². The van der Waals surface area contributed by atoms with E-state index in [0.29, 0.717) is 41.3 Å². The smallest absolute Gasteiger partial charge is 0.335 e. The Morgan fingerprint density at radius 1 is 0.800 bits per heavy atom. The molecule has 10 heteroatoms. The lowest BCUT2D eigenvalue weighted by molar-refractivity contribution is -0.116. The molecule has 0 spiro atoms. The largest absolute Gasteiger partial charge is 0.493 e. The molecule has 4 rings (SSSR count). The van der Waals surface area contributed by atoms with E-state index in [1.165, 1.54) is 23.9 Å². The molecule has 0 aromatic heterocycles. The lowest BCUT2D eigenvalue weighted by Crippen LogP contribution is -2.30. The molecule has 0 aliphatic rings.